The third-order valence-electron chi connectivity index (χ3n) is 4.74. The summed E-state index contributed by atoms with van der Waals surface area (Å²) in [4.78, 5) is 0. The standard InChI is InChI=1S/C17H25NO2/c1-12(16-8-5-9-20-16)18-14-10-13(11-14)15-6-3-4-7-17(15)19-2/h3-4,6-7,12-14,16,18H,5,8-11H2,1-2H3. The molecule has 0 bridgehead atoms. The molecule has 110 valence electrons. The molecule has 0 radical (unpaired) electrons. The first-order valence-corrected chi connectivity index (χ1v) is 7.78. The minimum atomic E-state index is 0.417. The van der Waals surface area contributed by atoms with E-state index in [0.29, 0.717) is 24.1 Å². The summed E-state index contributed by atoms with van der Waals surface area (Å²) in [5.41, 5.74) is 1.36. The van der Waals surface area contributed by atoms with E-state index < -0.39 is 0 Å². The van der Waals surface area contributed by atoms with Crippen LogP contribution in [0.5, 0.6) is 5.75 Å². The van der Waals surface area contributed by atoms with Gasteiger partial charge in [-0.25, -0.2) is 0 Å². The Morgan fingerprint density at radius 3 is 2.80 bits per heavy atom. The summed E-state index contributed by atoms with van der Waals surface area (Å²) in [5.74, 6) is 1.67. The quantitative estimate of drug-likeness (QED) is 0.895. The molecule has 1 saturated carbocycles. The van der Waals surface area contributed by atoms with E-state index in [9.17, 15) is 0 Å². The molecule has 1 aromatic carbocycles. The highest BCUT2D eigenvalue weighted by Crippen LogP contribution is 2.41. The number of benzene rings is 1. The van der Waals surface area contributed by atoms with Crippen molar-refractivity contribution in [3.05, 3.63) is 29.8 Å². The van der Waals surface area contributed by atoms with E-state index in [1.165, 1.54) is 31.2 Å². The smallest absolute Gasteiger partial charge is 0.122 e. The van der Waals surface area contributed by atoms with Crippen LogP contribution >= 0.6 is 0 Å². The average molecular weight is 275 g/mol. The fourth-order valence-corrected chi connectivity index (χ4v) is 3.49. The Bertz CT molecular complexity index is 436. The second kappa shape index (κ2) is 6.15. The first kappa shape index (κ1) is 13.9. The molecule has 2 unspecified atom stereocenters. The maximum Gasteiger partial charge on any atom is 0.122 e. The molecule has 2 fully saturated rings. The summed E-state index contributed by atoms with van der Waals surface area (Å²) in [6, 6.07) is 9.50. The lowest BCUT2D eigenvalue weighted by atomic mass is 9.75. The molecule has 3 rings (SSSR count). The maximum atomic E-state index is 5.75. The van der Waals surface area contributed by atoms with Crippen molar-refractivity contribution in [2.45, 2.75) is 56.7 Å². The van der Waals surface area contributed by atoms with Gasteiger partial charge in [0.05, 0.1) is 13.2 Å². The Morgan fingerprint density at radius 2 is 2.10 bits per heavy atom. The maximum absolute atomic E-state index is 5.75. The van der Waals surface area contributed by atoms with E-state index in [1.807, 2.05) is 6.07 Å². The number of hydrogen-bond acceptors (Lipinski definition) is 3. The van der Waals surface area contributed by atoms with E-state index in [0.717, 1.165) is 12.4 Å². The van der Waals surface area contributed by atoms with Gasteiger partial charge in [0.1, 0.15) is 5.75 Å². The van der Waals surface area contributed by atoms with Gasteiger partial charge in [0.25, 0.3) is 0 Å². The van der Waals surface area contributed by atoms with Crippen molar-refractivity contribution in [2.75, 3.05) is 13.7 Å². The van der Waals surface area contributed by atoms with Gasteiger partial charge in [0.15, 0.2) is 0 Å². The van der Waals surface area contributed by atoms with Crippen LogP contribution in [0.1, 0.15) is 44.1 Å². The topological polar surface area (TPSA) is 30.5 Å². The zero-order valence-corrected chi connectivity index (χ0v) is 12.5. The van der Waals surface area contributed by atoms with E-state index in [2.05, 4.69) is 30.4 Å². The molecular formula is C17H25NO2. The van der Waals surface area contributed by atoms with Gasteiger partial charge in [-0.1, -0.05) is 18.2 Å². The Kier molecular flexibility index (Phi) is 4.27. The molecule has 1 saturated heterocycles. The van der Waals surface area contributed by atoms with Gasteiger partial charge >= 0.3 is 0 Å². The highest BCUT2D eigenvalue weighted by Gasteiger charge is 2.34. The molecule has 0 spiro atoms. The van der Waals surface area contributed by atoms with Crippen LogP contribution in [-0.2, 0) is 4.74 Å². The fourth-order valence-electron chi connectivity index (χ4n) is 3.49. The number of ether oxygens (including phenoxy) is 2. The molecule has 0 amide bonds. The first-order chi connectivity index (χ1) is 9.78. The third kappa shape index (κ3) is 2.84. The lowest BCUT2D eigenvalue weighted by Gasteiger charge is -2.39. The first-order valence-electron chi connectivity index (χ1n) is 7.78. The van der Waals surface area contributed by atoms with Crippen LogP contribution in [0.3, 0.4) is 0 Å². The van der Waals surface area contributed by atoms with Crippen molar-refractivity contribution in [3.63, 3.8) is 0 Å². The minimum absolute atomic E-state index is 0.417. The molecule has 1 heterocycles. The van der Waals surface area contributed by atoms with Crippen molar-refractivity contribution in [2.24, 2.45) is 0 Å². The van der Waals surface area contributed by atoms with Crippen molar-refractivity contribution >= 4 is 0 Å². The van der Waals surface area contributed by atoms with Crippen molar-refractivity contribution < 1.29 is 9.47 Å². The second-order valence-corrected chi connectivity index (χ2v) is 6.11. The summed E-state index contributed by atoms with van der Waals surface area (Å²) >= 11 is 0. The number of rotatable bonds is 5. The number of para-hydroxylation sites is 1. The van der Waals surface area contributed by atoms with Crippen molar-refractivity contribution in [3.8, 4) is 5.75 Å². The number of methoxy groups -OCH3 is 1. The lowest BCUT2D eigenvalue weighted by molar-refractivity contribution is 0.0730. The average Bonchev–Trinajstić information content (AvgIpc) is 2.96. The Morgan fingerprint density at radius 1 is 1.30 bits per heavy atom. The summed E-state index contributed by atoms with van der Waals surface area (Å²) in [6.45, 7) is 3.19. The summed E-state index contributed by atoms with van der Waals surface area (Å²) in [6.07, 6.45) is 5.25. The Labute approximate surface area is 121 Å². The molecule has 2 atom stereocenters. The lowest BCUT2D eigenvalue weighted by Crippen LogP contribution is -2.48. The molecule has 1 aliphatic carbocycles. The van der Waals surface area contributed by atoms with Gasteiger partial charge < -0.3 is 14.8 Å². The molecular weight excluding hydrogens is 250 g/mol. The van der Waals surface area contributed by atoms with Gasteiger partial charge in [0, 0.05) is 18.7 Å². The monoisotopic (exact) mass is 275 g/mol. The van der Waals surface area contributed by atoms with E-state index in [-0.39, 0.29) is 0 Å². The number of nitrogens with one attached hydrogen (secondary N) is 1. The van der Waals surface area contributed by atoms with E-state index >= 15 is 0 Å². The van der Waals surface area contributed by atoms with Gasteiger partial charge in [-0.3, -0.25) is 0 Å². The van der Waals surface area contributed by atoms with E-state index in [4.69, 9.17) is 9.47 Å². The van der Waals surface area contributed by atoms with Gasteiger partial charge in [-0.2, -0.15) is 0 Å². The highest BCUT2D eigenvalue weighted by atomic mass is 16.5. The molecule has 0 aromatic heterocycles. The van der Waals surface area contributed by atoms with Crippen LogP contribution < -0.4 is 10.1 Å². The molecule has 20 heavy (non-hydrogen) atoms. The molecule has 1 N–H and O–H groups in total. The van der Waals surface area contributed by atoms with Gasteiger partial charge in [-0.15, -0.1) is 0 Å². The number of hydrogen-bond donors (Lipinski definition) is 1. The predicted octanol–water partition coefficient (Wildman–Crippen LogP) is 3.10. The molecule has 3 nitrogen and oxygen atoms in total. The zero-order valence-electron chi connectivity index (χ0n) is 12.5. The second-order valence-electron chi connectivity index (χ2n) is 6.11. The molecule has 1 aromatic rings. The minimum Gasteiger partial charge on any atom is -0.496 e. The van der Waals surface area contributed by atoms with Crippen molar-refractivity contribution in [1.29, 1.82) is 0 Å². The van der Waals surface area contributed by atoms with Gasteiger partial charge in [-0.05, 0) is 50.2 Å². The summed E-state index contributed by atoms with van der Waals surface area (Å²) in [5, 5.41) is 3.73. The summed E-state index contributed by atoms with van der Waals surface area (Å²) in [7, 11) is 1.76. The Hall–Kier alpha value is -1.06. The van der Waals surface area contributed by atoms with Crippen LogP contribution in [0.15, 0.2) is 24.3 Å². The Balaban J connectivity index is 1.51. The normalized spacial score (nSPS) is 30.8. The van der Waals surface area contributed by atoms with Crippen LogP contribution in [0.25, 0.3) is 0 Å². The van der Waals surface area contributed by atoms with Crippen LogP contribution in [0, 0.1) is 0 Å². The molecule has 1 aliphatic heterocycles. The van der Waals surface area contributed by atoms with Crippen LogP contribution in [-0.4, -0.2) is 31.9 Å². The SMILES string of the molecule is COc1ccccc1C1CC(NC(C)C2CCCO2)C1. The van der Waals surface area contributed by atoms with E-state index in [1.54, 1.807) is 7.11 Å². The zero-order chi connectivity index (χ0) is 13.9. The summed E-state index contributed by atoms with van der Waals surface area (Å²) < 4.78 is 11.2. The highest BCUT2D eigenvalue weighted by molar-refractivity contribution is 5.37. The predicted molar refractivity (Wildman–Crippen MR) is 80.3 cm³/mol. The van der Waals surface area contributed by atoms with Crippen LogP contribution in [0.2, 0.25) is 0 Å². The molecule has 3 heteroatoms. The largest absolute Gasteiger partial charge is 0.496 e. The third-order valence-corrected chi connectivity index (χ3v) is 4.74. The van der Waals surface area contributed by atoms with Crippen LogP contribution in [0.4, 0.5) is 0 Å². The fraction of sp³-hybridized carbons (Fsp3) is 0.647. The van der Waals surface area contributed by atoms with Gasteiger partial charge in [0.2, 0.25) is 0 Å². The molecule has 2 aliphatic rings. The van der Waals surface area contributed by atoms with Crippen molar-refractivity contribution in [1.82, 2.24) is 5.32 Å².